The van der Waals surface area contributed by atoms with Gasteiger partial charge < -0.3 is 19.5 Å². The molecular formula is C33H36N4O7Si. The molecule has 6 rings (SSSR count). The number of nitro benzene ring substituents is 1. The zero-order chi connectivity index (χ0) is 32.1. The van der Waals surface area contributed by atoms with Crippen molar-refractivity contribution in [3.63, 3.8) is 0 Å². The van der Waals surface area contributed by atoms with E-state index in [1.54, 1.807) is 36.2 Å². The number of anilines is 2. The molecule has 11 nitrogen and oxygen atoms in total. The number of hydrazone groups is 1. The van der Waals surface area contributed by atoms with Gasteiger partial charge in [-0.3, -0.25) is 19.7 Å². The fourth-order valence-electron chi connectivity index (χ4n) is 7.29. The lowest BCUT2D eigenvalue weighted by molar-refractivity contribution is -0.385. The Labute approximate surface area is 262 Å². The predicted octanol–water partition coefficient (Wildman–Crippen LogP) is 4.85. The van der Waals surface area contributed by atoms with Gasteiger partial charge in [-0.15, -0.1) is 0 Å². The minimum atomic E-state index is -2.92. The Morgan fingerprint density at radius 1 is 1.07 bits per heavy atom. The van der Waals surface area contributed by atoms with Gasteiger partial charge in [0.1, 0.15) is 0 Å². The molecule has 12 heteroatoms. The predicted molar refractivity (Wildman–Crippen MR) is 171 cm³/mol. The average molecular weight is 629 g/mol. The Balaban J connectivity index is 1.38. The number of nitro groups is 1. The number of ether oxygens (including phenoxy) is 1. The molecule has 234 valence electrons. The lowest BCUT2D eigenvalue weighted by Crippen LogP contribution is -2.46. The Morgan fingerprint density at radius 3 is 2.51 bits per heavy atom. The number of nitrogens with zero attached hydrogens (tertiary/aromatic N) is 4. The number of rotatable bonds is 8. The van der Waals surface area contributed by atoms with E-state index in [0.717, 1.165) is 16.8 Å². The Morgan fingerprint density at radius 2 is 1.82 bits per heavy atom. The molecule has 3 aliphatic heterocycles. The zero-order valence-corrected chi connectivity index (χ0v) is 26.4. The number of non-ortho nitro benzene ring substituents is 1. The zero-order valence-electron chi connectivity index (χ0n) is 25.4. The van der Waals surface area contributed by atoms with Crippen LogP contribution in [-0.2, 0) is 26.5 Å². The van der Waals surface area contributed by atoms with Crippen LogP contribution in [0.5, 0.6) is 0 Å². The topological polar surface area (TPSA) is 146 Å². The monoisotopic (exact) mass is 628 g/mol. The highest BCUT2D eigenvalue weighted by molar-refractivity contribution is 6.71. The van der Waals surface area contributed by atoms with Crippen LogP contribution in [0.2, 0.25) is 18.6 Å². The van der Waals surface area contributed by atoms with Crippen molar-refractivity contribution in [2.75, 3.05) is 16.5 Å². The summed E-state index contributed by atoms with van der Waals surface area (Å²) < 4.78 is 6.56. The molecule has 3 aromatic rings. The standard InChI is InChI=1S/C33H36N4O7Si/c1-21-31(45(2,3)43)29(16-17-38)44-33(21)26-19-25(37(41)42)12-14-28(26)35(32(33)40)20-22-8-7-11-24(18-22)36-30(39)15-13-27(34-36)23-9-5-4-6-10-23/h4-12,14,18-19,21,29,31,38,43H,13,15-17,20H2,1-3H3/t21-,29+,31-,33+/m1/s1. The normalized spacial score (nSPS) is 24.7. The van der Waals surface area contributed by atoms with Crippen LogP contribution >= 0.6 is 0 Å². The van der Waals surface area contributed by atoms with Crippen LogP contribution in [0.4, 0.5) is 17.1 Å². The smallest absolute Gasteiger partial charge is 0.269 e. The van der Waals surface area contributed by atoms with Gasteiger partial charge in [0.2, 0.25) is 5.91 Å². The van der Waals surface area contributed by atoms with Crippen LogP contribution in [-0.4, -0.2) is 53.4 Å². The summed E-state index contributed by atoms with van der Waals surface area (Å²) in [7, 11) is -2.92. The number of hydrogen-bond acceptors (Lipinski definition) is 8. The van der Waals surface area contributed by atoms with Crippen molar-refractivity contribution in [3.05, 3.63) is 99.6 Å². The molecule has 45 heavy (non-hydrogen) atoms. The minimum absolute atomic E-state index is 0.113. The summed E-state index contributed by atoms with van der Waals surface area (Å²) in [5.41, 5.74) is 1.79. The first-order valence-corrected chi connectivity index (χ1v) is 18.1. The van der Waals surface area contributed by atoms with E-state index in [0.29, 0.717) is 29.8 Å². The van der Waals surface area contributed by atoms with E-state index in [2.05, 4.69) is 5.10 Å². The van der Waals surface area contributed by atoms with E-state index >= 15 is 0 Å². The van der Waals surface area contributed by atoms with E-state index in [1.165, 1.54) is 17.1 Å². The molecule has 1 spiro atoms. The third-order valence-corrected chi connectivity index (χ3v) is 11.7. The average Bonchev–Trinajstić information content (AvgIpc) is 3.44. The van der Waals surface area contributed by atoms with Gasteiger partial charge in [-0.25, -0.2) is 5.01 Å². The number of carbonyl (C=O) groups is 2. The fourth-order valence-corrected chi connectivity index (χ4v) is 9.90. The van der Waals surface area contributed by atoms with E-state index < -0.39 is 36.4 Å². The summed E-state index contributed by atoms with van der Waals surface area (Å²) in [6.45, 7) is 5.34. The van der Waals surface area contributed by atoms with Crippen LogP contribution in [0.25, 0.3) is 0 Å². The van der Waals surface area contributed by atoms with Crippen molar-refractivity contribution < 1.29 is 29.2 Å². The van der Waals surface area contributed by atoms with Crippen molar-refractivity contribution in [1.29, 1.82) is 0 Å². The van der Waals surface area contributed by atoms with Crippen LogP contribution in [0.1, 0.15) is 42.9 Å². The molecule has 0 radical (unpaired) electrons. The summed E-state index contributed by atoms with van der Waals surface area (Å²) >= 11 is 0. The van der Waals surface area contributed by atoms with E-state index in [4.69, 9.17) is 4.74 Å². The first-order chi connectivity index (χ1) is 21.5. The first kappa shape index (κ1) is 30.8. The Hall–Kier alpha value is -4.23. The number of amides is 2. The second kappa shape index (κ2) is 11.6. The van der Waals surface area contributed by atoms with E-state index in [1.807, 2.05) is 49.4 Å². The summed E-state index contributed by atoms with van der Waals surface area (Å²) in [6, 6.07) is 21.3. The summed E-state index contributed by atoms with van der Waals surface area (Å²) in [4.78, 5) is 51.7. The van der Waals surface area contributed by atoms with Crippen LogP contribution in [0.15, 0.2) is 77.9 Å². The maximum absolute atomic E-state index is 14.6. The van der Waals surface area contributed by atoms with Crippen LogP contribution in [0, 0.1) is 16.0 Å². The van der Waals surface area contributed by atoms with E-state index in [9.17, 15) is 29.6 Å². The summed E-state index contributed by atoms with van der Waals surface area (Å²) in [5.74, 6) is -1.02. The fraction of sp³-hybridized carbons (Fsp3) is 0.364. The maximum Gasteiger partial charge on any atom is 0.269 e. The van der Waals surface area contributed by atoms with Crippen molar-refractivity contribution in [2.45, 2.75) is 63.1 Å². The van der Waals surface area contributed by atoms with Gasteiger partial charge in [-0.2, -0.15) is 5.10 Å². The maximum atomic E-state index is 14.6. The van der Waals surface area contributed by atoms with Gasteiger partial charge in [-0.05, 0) is 48.8 Å². The highest BCUT2D eigenvalue weighted by atomic mass is 28.4. The molecule has 0 aromatic heterocycles. The Bertz CT molecular complexity index is 1690. The molecule has 1 fully saturated rings. The number of carbonyl (C=O) groups excluding carboxylic acids is 2. The van der Waals surface area contributed by atoms with Crippen LogP contribution < -0.4 is 9.91 Å². The van der Waals surface area contributed by atoms with Crippen LogP contribution in [0.3, 0.4) is 0 Å². The molecule has 2 amide bonds. The molecule has 0 saturated carbocycles. The molecule has 3 aromatic carbocycles. The van der Waals surface area contributed by atoms with Gasteiger partial charge in [0.25, 0.3) is 11.6 Å². The molecule has 1 saturated heterocycles. The van der Waals surface area contributed by atoms with Gasteiger partial charge in [0.05, 0.1) is 34.7 Å². The third kappa shape index (κ3) is 5.27. The number of benzene rings is 3. The van der Waals surface area contributed by atoms with E-state index in [-0.39, 0.29) is 37.1 Å². The molecule has 4 atom stereocenters. The molecule has 2 N–H and O–H groups in total. The number of hydrogen-bond donors (Lipinski definition) is 2. The van der Waals surface area contributed by atoms with Gasteiger partial charge in [0, 0.05) is 48.6 Å². The molecule has 3 aliphatic rings. The van der Waals surface area contributed by atoms with Crippen molar-refractivity contribution in [1.82, 2.24) is 0 Å². The molecule has 0 unspecified atom stereocenters. The van der Waals surface area contributed by atoms with Gasteiger partial charge in [-0.1, -0.05) is 49.4 Å². The second-order valence-corrected chi connectivity index (χ2v) is 16.5. The molecule has 3 heterocycles. The number of aliphatic hydroxyl groups is 1. The molecule has 0 bridgehead atoms. The Kier molecular flexibility index (Phi) is 7.94. The highest BCUT2D eigenvalue weighted by Gasteiger charge is 2.66. The largest absolute Gasteiger partial charge is 0.432 e. The lowest BCUT2D eigenvalue weighted by Gasteiger charge is -2.32. The highest BCUT2D eigenvalue weighted by Crippen LogP contribution is 2.60. The first-order valence-electron chi connectivity index (χ1n) is 15.1. The summed E-state index contributed by atoms with van der Waals surface area (Å²) in [6.07, 6.45) is 0.476. The summed E-state index contributed by atoms with van der Waals surface area (Å²) in [5, 5.41) is 27.7. The van der Waals surface area contributed by atoms with Gasteiger partial charge >= 0.3 is 0 Å². The quantitative estimate of drug-likeness (QED) is 0.206. The van der Waals surface area contributed by atoms with Gasteiger partial charge in [0.15, 0.2) is 13.9 Å². The third-order valence-electron chi connectivity index (χ3n) is 9.23. The lowest BCUT2D eigenvalue weighted by atomic mass is 9.82. The molecular weight excluding hydrogens is 592 g/mol. The second-order valence-electron chi connectivity index (χ2n) is 12.5. The van der Waals surface area contributed by atoms with Crippen molar-refractivity contribution in [2.24, 2.45) is 11.0 Å². The SMILES string of the molecule is C[C@@H]1[C@@H]([Si](C)(C)O)[C@H](CCO)O[C@@]12C(=O)N(Cc1cccc(N3N=C(c4ccccc4)CCC3=O)c1)c1ccc([N+](=O)[O-])cc12. The molecule has 0 aliphatic carbocycles. The minimum Gasteiger partial charge on any atom is -0.432 e. The van der Waals surface area contributed by atoms with Crippen molar-refractivity contribution in [3.8, 4) is 0 Å². The number of fused-ring (bicyclic) bond motifs is 2. The number of aliphatic hydroxyl groups excluding tert-OH is 1. The van der Waals surface area contributed by atoms with Crippen molar-refractivity contribution >= 4 is 42.9 Å².